The number of aromatic nitrogens is 2. The fourth-order valence-electron chi connectivity index (χ4n) is 3.15. The van der Waals surface area contributed by atoms with E-state index in [0.29, 0.717) is 5.69 Å². The first kappa shape index (κ1) is 18.6. The van der Waals surface area contributed by atoms with E-state index in [1.165, 1.54) is 11.3 Å². The molecular formula is C21H19N3O2S2. The predicted octanol–water partition coefficient (Wildman–Crippen LogP) is 5.08. The molecule has 2 aromatic heterocycles. The monoisotopic (exact) mass is 409 g/mol. The highest BCUT2D eigenvalue weighted by Crippen LogP contribution is 2.34. The van der Waals surface area contributed by atoms with Gasteiger partial charge in [-0.1, -0.05) is 29.5 Å². The van der Waals surface area contributed by atoms with Crippen molar-refractivity contribution < 1.29 is 8.42 Å². The van der Waals surface area contributed by atoms with Gasteiger partial charge in [-0.2, -0.15) is 0 Å². The molecule has 28 heavy (non-hydrogen) atoms. The molecule has 0 aliphatic rings. The van der Waals surface area contributed by atoms with E-state index in [2.05, 4.69) is 14.7 Å². The molecule has 4 aromatic rings. The first-order valence-corrected chi connectivity index (χ1v) is 11.1. The molecule has 1 N–H and O–H groups in total. The van der Waals surface area contributed by atoms with Crippen LogP contribution in [-0.4, -0.2) is 18.4 Å². The number of nitrogens with zero attached hydrogens (tertiary/aromatic N) is 2. The Labute approximate surface area is 168 Å². The SMILES string of the molecule is Cc1cc(C)cc(S(=O)(=O)Nc2cccc(-c3nc4cccnc4s3)c2C)c1. The van der Waals surface area contributed by atoms with Crippen LogP contribution in [0.15, 0.2) is 59.6 Å². The molecule has 0 bridgehead atoms. The number of hydrogen-bond donors (Lipinski definition) is 1. The van der Waals surface area contributed by atoms with Crippen molar-refractivity contribution in [3.8, 4) is 10.6 Å². The number of sulfonamides is 1. The summed E-state index contributed by atoms with van der Waals surface area (Å²) in [5.74, 6) is 0. The average molecular weight is 410 g/mol. The Morgan fingerprint density at radius 1 is 0.964 bits per heavy atom. The van der Waals surface area contributed by atoms with Gasteiger partial charge < -0.3 is 0 Å². The van der Waals surface area contributed by atoms with Crippen molar-refractivity contribution in [3.05, 3.63) is 71.4 Å². The van der Waals surface area contributed by atoms with Crippen LogP contribution in [0.25, 0.3) is 20.9 Å². The van der Waals surface area contributed by atoms with Crippen LogP contribution >= 0.6 is 11.3 Å². The third kappa shape index (κ3) is 3.50. The minimum absolute atomic E-state index is 0.263. The molecule has 0 radical (unpaired) electrons. The number of hydrogen-bond acceptors (Lipinski definition) is 5. The third-order valence-corrected chi connectivity index (χ3v) is 6.84. The molecule has 0 spiro atoms. The van der Waals surface area contributed by atoms with Gasteiger partial charge in [0.05, 0.1) is 10.6 Å². The van der Waals surface area contributed by atoms with Crippen molar-refractivity contribution in [2.75, 3.05) is 4.72 Å². The van der Waals surface area contributed by atoms with Gasteiger partial charge in [0.25, 0.3) is 10.0 Å². The molecule has 5 nitrogen and oxygen atoms in total. The van der Waals surface area contributed by atoms with Gasteiger partial charge in [0.2, 0.25) is 0 Å². The lowest BCUT2D eigenvalue weighted by molar-refractivity contribution is 0.601. The van der Waals surface area contributed by atoms with Gasteiger partial charge in [0.1, 0.15) is 15.4 Å². The largest absolute Gasteiger partial charge is 0.279 e. The Morgan fingerprint density at radius 2 is 1.71 bits per heavy atom. The Morgan fingerprint density at radius 3 is 2.43 bits per heavy atom. The minimum atomic E-state index is -3.68. The number of anilines is 1. The van der Waals surface area contributed by atoms with Crippen molar-refractivity contribution >= 4 is 37.4 Å². The molecular weight excluding hydrogens is 390 g/mol. The van der Waals surface area contributed by atoms with Crippen molar-refractivity contribution in [2.45, 2.75) is 25.7 Å². The Balaban J connectivity index is 1.74. The van der Waals surface area contributed by atoms with E-state index in [9.17, 15) is 8.42 Å². The lowest BCUT2D eigenvalue weighted by atomic mass is 10.1. The quantitative estimate of drug-likeness (QED) is 0.510. The number of rotatable bonds is 4. The molecule has 0 aliphatic carbocycles. The van der Waals surface area contributed by atoms with Crippen LogP contribution in [0.2, 0.25) is 0 Å². The van der Waals surface area contributed by atoms with Crippen LogP contribution in [-0.2, 0) is 10.0 Å². The summed E-state index contributed by atoms with van der Waals surface area (Å²) >= 11 is 1.49. The van der Waals surface area contributed by atoms with Crippen molar-refractivity contribution in [1.29, 1.82) is 0 Å². The summed E-state index contributed by atoms with van der Waals surface area (Å²) in [5.41, 5.74) is 4.92. The Hall–Kier alpha value is -2.77. The number of fused-ring (bicyclic) bond motifs is 1. The molecule has 0 saturated heterocycles. The van der Waals surface area contributed by atoms with Crippen LogP contribution in [0.5, 0.6) is 0 Å². The molecule has 0 fully saturated rings. The Bertz CT molecular complexity index is 1240. The molecule has 2 aromatic carbocycles. The summed E-state index contributed by atoms with van der Waals surface area (Å²) in [5, 5.41) is 0.818. The molecule has 142 valence electrons. The molecule has 0 atom stereocenters. The van der Waals surface area contributed by atoms with E-state index >= 15 is 0 Å². The van der Waals surface area contributed by atoms with E-state index in [-0.39, 0.29) is 4.90 Å². The third-order valence-electron chi connectivity index (χ3n) is 4.48. The van der Waals surface area contributed by atoms with E-state index in [0.717, 1.165) is 37.6 Å². The van der Waals surface area contributed by atoms with Crippen molar-refractivity contribution in [2.24, 2.45) is 0 Å². The number of benzene rings is 2. The number of nitrogens with one attached hydrogen (secondary N) is 1. The zero-order valence-corrected chi connectivity index (χ0v) is 17.4. The first-order valence-electron chi connectivity index (χ1n) is 8.76. The van der Waals surface area contributed by atoms with Gasteiger partial charge in [-0.15, -0.1) is 0 Å². The number of thiazole rings is 1. The highest BCUT2D eigenvalue weighted by molar-refractivity contribution is 7.92. The lowest BCUT2D eigenvalue weighted by Gasteiger charge is -2.13. The van der Waals surface area contributed by atoms with Gasteiger partial charge in [-0.05, 0) is 67.8 Å². The smallest absolute Gasteiger partial charge is 0.261 e. The van der Waals surface area contributed by atoms with E-state index in [1.807, 2.05) is 51.1 Å². The van der Waals surface area contributed by atoms with E-state index in [4.69, 9.17) is 0 Å². The summed E-state index contributed by atoms with van der Waals surface area (Å²) in [6, 6.07) is 14.6. The lowest BCUT2D eigenvalue weighted by Crippen LogP contribution is -2.14. The topological polar surface area (TPSA) is 72.0 Å². The second-order valence-corrected chi connectivity index (χ2v) is 9.41. The van der Waals surface area contributed by atoms with E-state index < -0.39 is 10.0 Å². The second-order valence-electron chi connectivity index (χ2n) is 6.75. The maximum atomic E-state index is 12.9. The second kappa shape index (κ2) is 7.00. The standard InChI is InChI=1S/C21H19N3O2S2/c1-13-10-14(2)12-16(11-13)28(25,26)24-18-7-4-6-17(15(18)3)20-23-19-8-5-9-22-21(19)27-20/h4-12,24H,1-3H3. The maximum absolute atomic E-state index is 12.9. The fraction of sp³-hybridized carbons (Fsp3) is 0.143. The molecule has 4 rings (SSSR count). The van der Waals surface area contributed by atoms with Crippen LogP contribution in [0, 0.1) is 20.8 Å². The molecule has 0 amide bonds. The molecule has 0 aliphatic heterocycles. The van der Waals surface area contributed by atoms with Crippen LogP contribution in [0.3, 0.4) is 0 Å². The summed E-state index contributed by atoms with van der Waals surface area (Å²) in [4.78, 5) is 10.1. The zero-order valence-electron chi connectivity index (χ0n) is 15.7. The van der Waals surface area contributed by atoms with Gasteiger partial charge in [0, 0.05) is 11.8 Å². The van der Waals surface area contributed by atoms with Gasteiger partial charge in [0.15, 0.2) is 0 Å². The molecule has 7 heteroatoms. The number of aryl methyl sites for hydroxylation is 2. The highest BCUT2D eigenvalue weighted by Gasteiger charge is 2.18. The van der Waals surface area contributed by atoms with E-state index in [1.54, 1.807) is 24.4 Å². The first-order chi connectivity index (χ1) is 13.3. The fourth-order valence-corrected chi connectivity index (χ4v) is 5.46. The van der Waals surface area contributed by atoms with Gasteiger partial charge >= 0.3 is 0 Å². The summed E-state index contributed by atoms with van der Waals surface area (Å²) < 4.78 is 28.6. The van der Waals surface area contributed by atoms with Crippen LogP contribution in [0.4, 0.5) is 5.69 Å². The number of pyridine rings is 1. The highest BCUT2D eigenvalue weighted by atomic mass is 32.2. The summed E-state index contributed by atoms with van der Waals surface area (Å²) in [7, 11) is -3.68. The maximum Gasteiger partial charge on any atom is 0.261 e. The van der Waals surface area contributed by atoms with Gasteiger partial charge in [-0.3, -0.25) is 4.72 Å². The van der Waals surface area contributed by atoms with Crippen LogP contribution < -0.4 is 4.72 Å². The molecule has 0 unspecified atom stereocenters. The summed E-state index contributed by atoms with van der Waals surface area (Å²) in [6.07, 6.45) is 1.74. The molecule has 2 heterocycles. The minimum Gasteiger partial charge on any atom is -0.279 e. The van der Waals surface area contributed by atoms with Gasteiger partial charge in [-0.25, -0.2) is 18.4 Å². The predicted molar refractivity (Wildman–Crippen MR) is 114 cm³/mol. The Kier molecular flexibility index (Phi) is 4.64. The normalized spacial score (nSPS) is 11.7. The average Bonchev–Trinajstić information content (AvgIpc) is 3.06. The molecule has 0 saturated carbocycles. The van der Waals surface area contributed by atoms with Crippen LogP contribution in [0.1, 0.15) is 16.7 Å². The van der Waals surface area contributed by atoms with Crippen molar-refractivity contribution in [3.63, 3.8) is 0 Å². The summed E-state index contributed by atoms with van der Waals surface area (Å²) in [6.45, 7) is 5.67. The zero-order chi connectivity index (χ0) is 19.9. The van der Waals surface area contributed by atoms with Crippen molar-refractivity contribution in [1.82, 2.24) is 9.97 Å².